The van der Waals surface area contributed by atoms with Crippen molar-refractivity contribution >= 4 is 11.6 Å². The predicted octanol–water partition coefficient (Wildman–Crippen LogP) is 2.53. The fraction of sp³-hybridized carbons (Fsp3) is 0.500. The average Bonchev–Trinajstić information content (AvgIpc) is 3.11. The van der Waals surface area contributed by atoms with E-state index < -0.39 is 0 Å². The van der Waals surface area contributed by atoms with E-state index in [1.807, 2.05) is 18.2 Å². The van der Waals surface area contributed by atoms with Crippen molar-refractivity contribution in [2.24, 2.45) is 5.92 Å². The van der Waals surface area contributed by atoms with Gasteiger partial charge in [0.05, 0.1) is 0 Å². The van der Waals surface area contributed by atoms with Gasteiger partial charge in [0.2, 0.25) is 5.91 Å². The van der Waals surface area contributed by atoms with Crippen LogP contribution in [0.3, 0.4) is 0 Å². The quantitative estimate of drug-likeness (QED) is 0.791. The molecule has 17 heavy (non-hydrogen) atoms. The molecule has 1 aliphatic rings. The molecule has 0 saturated heterocycles. The molecule has 1 saturated carbocycles. The minimum absolute atomic E-state index is 0.149. The van der Waals surface area contributed by atoms with E-state index in [4.69, 9.17) is 0 Å². The lowest BCUT2D eigenvalue weighted by atomic mass is 10.1. The van der Waals surface area contributed by atoms with Crippen molar-refractivity contribution < 1.29 is 4.79 Å². The molecule has 92 valence electrons. The molecule has 3 heteroatoms. The second kappa shape index (κ2) is 5.82. The number of para-hydroxylation sites is 1. The van der Waals surface area contributed by atoms with Crippen LogP contribution in [0.5, 0.6) is 0 Å². The summed E-state index contributed by atoms with van der Waals surface area (Å²) < 4.78 is 0. The van der Waals surface area contributed by atoms with Crippen LogP contribution in [-0.4, -0.2) is 12.5 Å². The summed E-state index contributed by atoms with van der Waals surface area (Å²) in [5.41, 5.74) is 2.09. The number of hydrogen-bond donors (Lipinski definition) is 2. The number of benzene rings is 1. The Morgan fingerprint density at radius 2 is 2.12 bits per heavy atom. The zero-order valence-corrected chi connectivity index (χ0v) is 10.3. The molecule has 1 amide bonds. The molecular weight excluding hydrogens is 212 g/mol. The third-order valence-corrected chi connectivity index (χ3v) is 3.03. The van der Waals surface area contributed by atoms with E-state index in [-0.39, 0.29) is 5.91 Å². The third-order valence-electron chi connectivity index (χ3n) is 3.03. The van der Waals surface area contributed by atoms with Gasteiger partial charge in [-0.3, -0.25) is 4.79 Å². The summed E-state index contributed by atoms with van der Waals surface area (Å²) >= 11 is 0. The van der Waals surface area contributed by atoms with Crippen molar-refractivity contribution in [3.05, 3.63) is 29.8 Å². The van der Waals surface area contributed by atoms with Crippen LogP contribution in [0.2, 0.25) is 0 Å². The SMILES string of the molecule is CCNCc1ccccc1NC(=O)CC1CC1. The molecule has 0 unspecified atom stereocenters. The molecule has 0 aliphatic heterocycles. The maximum atomic E-state index is 11.8. The first kappa shape index (κ1) is 12.1. The number of amides is 1. The summed E-state index contributed by atoms with van der Waals surface area (Å²) in [5, 5.41) is 6.29. The summed E-state index contributed by atoms with van der Waals surface area (Å²) in [5.74, 6) is 0.785. The zero-order chi connectivity index (χ0) is 12.1. The molecule has 0 spiro atoms. The van der Waals surface area contributed by atoms with Crippen LogP contribution in [0.4, 0.5) is 5.69 Å². The lowest BCUT2D eigenvalue weighted by Gasteiger charge is -2.11. The maximum Gasteiger partial charge on any atom is 0.224 e. The number of carbonyl (C=O) groups is 1. The fourth-order valence-corrected chi connectivity index (χ4v) is 1.84. The first-order valence-corrected chi connectivity index (χ1v) is 6.38. The van der Waals surface area contributed by atoms with Crippen LogP contribution < -0.4 is 10.6 Å². The molecule has 0 bridgehead atoms. The molecular formula is C14H20N2O. The highest BCUT2D eigenvalue weighted by Gasteiger charge is 2.24. The van der Waals surface area contributed by atoms with E-state index in [9.17, 15) is 4.79 Å². The maximum absolute atomic E-state index is 11.8. The Morgan fingerprint density at radius 3 is 2.82 bits per heavy atom. The molecule has 3 nitrogen and oxygen atoms in total. The Hall–Kier alpha value is -1.35. The highest BCUT2D eigenvalue weighted by molar-refractivity contribution is 5.91. The first-order valence-electron chi connectivity index (χ1n) is 6.38. The molecule has 0 heterocycles. The highest BCUT2D eigenvalue weighted by atomic mass is 16.1. The van der Waals surface area contributed by atoms with Gasteiger partial charge in [0.15, 0.2) is 0 Å². The van der Waals surface area contributed by atoms with Crippen LogP contribution >= 0.6 is 0 Å². The topological polar surface area (TPSA) is 41.1 Å². The van der Waals surface area contributed by atoms with E-state index in [0.717, 1.165) is 24.3 Å². The Labute approximate surface area is 103 Å². The van der Waals surface area contributed by atoms with E-state index in [0.29, 0.717) is 12.3 Å². The van der Waals surface area contributed by atoms with Gasteiger partial charge in [0.1, 0.15) is 0 Å². The van der Waals surface area contributed by atoms with Gasteiger partial charge < -0.3 is 10.6 Å². The predicted molar refractivity (Wildman–Crippen MR) is 69.8 cm³/mol. The molecule has 1 aliphatic carbocycles. The first-order chi connectivity index (χ1) is 8.29. The standard InChI is InChI=1S/C14H20N2O/c1-2-15-10-12-5-3-4-6-13(12)16-14(17)9-11-7-8-11/h3-6,11,15H,2,7-10H2,1H3,(H,16,17). The summed E-state index contributed by atoms with van der Waals surface area (Å²) in [4.78, 5) is 11.8. The van der Waals surface area contributed by atoms with Crippen LogP contribution in [0.15, 0.2) is 24.3 Å². The number of anilines is 1. The molecule has 0 radical (unpaired) electrons. The van der Waals surface area contributed by atoms with Crippen LogP contribution in [-0.2, 0) is 11.3 Å². The number of carbonyl (C=O) groups excluding carboxylic acids is 1. The minimum Gasteiger partial charge on any atom is -0.326 e. The fourth-order valence-electron chi connectivity index (χ4n) is 1.84. The van der Waals surface area contributed by atoms with Gasteiger partial charge in [0, 0.05) is 18.7 Å². The average molecular weight is 232 g/mol. The summed E-state index contributed by atoms with van der Waals surface area (Å²) in [6.07, 6.45) is 3.11. The Balaban J connectivity index is 1.95. The van der Waals surface area contributed by atoms with E-state index in [1.54, 1.807) is 0 Å². The zero-order valence-electron chi connectivity index (χ0n) is 10.3. The van der Waals surface area contributed by atoms with Crippen molar-refractivity contribution in [2.45, 2.75) is 32.7 Å². The molecule has 0 aromatic heterocycles. The third kappa shape index (κ3) is 3.86. The molecule has 1 aromatic rings. The number of nitrogens with one attached hydrogen (secondary N) is 2. The Bertz CT molecular complexity index is 386. The molecule has 0 atom stereocenters. The van der Waals surface area contributed by atoms with Crippen molar-refractivity contribution in [1.29, 1.82) is 0 Å². The van der Waals surface area contributed by atoms with Gasteiger partial charge >= 0.3 is 0 Å². The van der Waals surface area contributed by atoms with E-state index >= 15 is 0 Å². The largest absolute Gasteiger partial charge is 0.326 e. The van der Waals surface area contributed by atoms with E-state index in [2.05, 4.69) is 23.6 Å². The van der Waals surface area contributed by atoms with Crippen molar-refractivity contribution in [3.63, 3.8) is 0 Å². The minimum atomic E-state index is 0.149. The lowest BCUT2D eigenvalue weighted by molar-refractivity contribution is -0.116. The van der Waals surface area contributed by atoms with E-state index in [1.165, 1.54) is 12.8 Å². The highest BCUT2D eigenvalue weighted by Crippen LogP contribution is 2.32. The molecule has 2 N–H and O–H groups in total. The molecule has 1 fully saturated rings. The van der Waals surface area contributed by atoms with Crippen molar-refractivity contribution in [2.75, 3.05) is 11.9 Å². The monoisotopic (exact) mass is 232 g/mol. The molecule has 2 rings (SSSR count). The lowest BCUT2D eigenvalue weighted by Crippen LogP contribution is -2.17. The smallest absolute Gasteiger partial charge is 0.224 e. The number of rotatable bonds is 6. The van der Waals surface area contributed by atoms with Crippen molar-refractivity contribution in [3.8, 4) is 0 Å². The second-order valence-electron chi connectivity index (χ2n) is 4.63. The van der Waals surface area contributed by atoms with Crippen molar-refractivity contribution in [1.82, 2.24) is 5.32 Å². The van der Waals surface area contributed by atoms with Gasteiger partial charge in [-0.15, -0.1) is 0 Å². The second-order valence-corrected chi connectivity index (χ2v) is 4.63. The summed E-state index contributed by atoms with van der Waals surface area (Å²) in [6, 6.07) is 7.98. The van der Waals surface area contributed by atoms with Gasteiger partial charge in [0.25, 0.3) is 0 Å². The van der Waals surface area contributed by atoms with Gasteiger partial charge in [-0.2, -0.15) is 0 Å². The van der Waals surface area contributed by atoms with Gasteiger partial charge in [-0.1, -0.05) is 25.1 Å². The van der Waals surface area contributed by atoms with Crippen LogP contribution in [0.25, 0.3) is 0 Å². The van der Waals surface area contributed by atoms with Gasteiger partial charge in [-0.25, -0.2) is 0 Å². The summed E-state index contributed by atoms with van der Waals surface area (Å²) in [7, 11) is 0. The molecule has 1 aromatic carbocycles. The van der Waals surface area contributed by atoms with Crippen LogP contribution in [0, 0.1) is 5.92 Å². The van der Waals surface area contributed by atoms with Crippen LogP contribution in [0.1, 0.15) is 31.7 Å². The Kier molecular flexibility index (Phi) is 4.15. The Morgan fingerprint density at radius 1 is 1.35 bits per heavy atom. The summed E-state index contributed by atoms with van der Waals surface area (Å²) in [6.45, 7) is 3.81. The number of hydrogen-bond acceptors (Lipinski definition) is 2. The normalized spacial score (nSPS) is 14.6. The van der Waals surface area contributed by atoms with Gasteiger partial charge in [-0.05, 0) is 36.9 Å².